The summed E-state index contributed by atoms with van der Waals surface area (Å²) in [5.41, 5.74) is 4.53. The summed E-state index contributed by atoms with van der Waals surface area (Å²) in [7, 11) is 0. The number of hydrogen-bond acceptors (Lipinski definition) is 7. The molecule has 2 N–H and O–H groups in total. The molecular formula is C21H25N7O2S. The molecule has 0 aliphatic carbocycles. The number of carbonyl (C=O) groups excluding carboxylic acids is 2. The molecule has 4 rings (SSSR count). The standard InChI is InChI=1S/C21H25N7O2S/c1-13-17(14(2)28-20(24-13)25-21(26-28)31-3)10-18(29)23-11-15-4-6-16(7-5-15)27-9-8-22-19(30)12-27/h4-7H,8-12H2,1-3H3,(H,22,30)(H,23,29). The van der Waals surface area contributed by atoms with E-state index in [-0.39, 0.29) is 18.2 Å². The fourth-order valence-corrected chi connectivity index (χ4v) is 3.98. The minimum absolute atomic E-state index is 0.0384. The third-order valence-corrected chi connectivity index (χ3v) is 5.92. The van der Waals surface area contributed by atoms with E-state index < -0.39 is 0 Å². The number of hydrogen-bond donors (Lipinski definition) is 2. The number of aryl methyl sites for hydroxylation is 2. The number of amides is 2. The molecular weight excluding hydrogens is 414 g/mol. The molecule has 0 radical (unpaired) electrons. The first-order valence-corrected chi connectivity index (χ1v) is 11.3. The third kappa shape index (κ3) is 4.63. The van der Waals surface area contributed by atoms with Gasteiger partial charge in [0.2, 0.25) is 17.0 Å². The van der Waals surface area contributed by atoms with E-state index in [1.807, 2.05) is 49.3 Å². The summed E-state index contributed by atoms with van der Waals surface area (Å²) >= 11 is 1.46. The average molecular weight is 440 g/mol. The molecule has 1 fully saturated rings. The summed E-state index contributed by atoms with van der Waals surface area (Å²) < 4.78 is 1.70. The van der Waals surface area contributed by atoms with Crippen molar-refractivity contribution in [2.75, 3.05) is 30.8 Å². The maximum Gasteiger partial charge on any atom is 0.253 e. The van der Waals surface area contributed by atoms with Crippen molar-refractivity contribution in [3.63, 3.8) is 0 Å². The van der Waals surface area contributed by atoms with Crippen LogP contribution in [0.5, 0.6) is 0 Å². The van der Waals surface area contributed by atoms with E-state index in [1.165, 1.54) is 11.8 Å². The Bertz CT molecular complexity index is 1130. The van der Waals surface area contributed by atoms with Crippen LogP contribution in [0.25, 0.3) is 5.78 Å². The number of nitrogens with zero attached hydrogens (tertiary/aromatic N) is 5. The van der Waals surface area contributed by atoms with Crippen molar-refractivity contribution in [1.29, 1.82) is 0 Å². The first kappa shape index (κ1) is 21.1. The Kier molecular flexibility index (Phi) is 6.08. The van der Waals surface area contributed by atoms with Gasteiger partial charge in [-0.05, 0) is 37.8 Å². The number of benzene rings is 1. The lowest BCUT2D eigenvalue weighted by atomic mass is 10.1. The summed E-state index contributed by atoms with van der Waals surface area (Å²) in [6.07, 6.45) is 2.15. The Morgan fingerprint density at radius 1 is 1.23 bits per heavy atom. The van der Waals surface area contributed by atoms with E-state index in [0.29, 0.717) is 30.6 Å². The lowest BCUT2D eigenvalue weighted by Gasteiger charge is -2.28. The smallest absolute Gasteiger partial charge is 0.253 e. The van der Waals surface area contributed by atoms with Crippen LogP contribution in [0, 0.1) is 13.8 Å². The fraction of sp³-hybridized carbons (Fsp3) is 0.381. The Hall–Kier alpha value is -3.14. The van der Waals surface area contributed by atoms with Crippen LogP contribution in [0.1, 0.15) is 22.5 Å². The zero-order valence-corrected chi connectivity index (χ0v) is 18.6. The number of aromatic nitrogens is 4. The summed E-state index contributed by atoms with van der Waals surface area (Å²) in [6, 6.07) is 7.93. The van der Waals surface area contributed by atoms with Crippen molar-refractivity contribution in [2.24, 2.45) is 0 Å². The van der Waals surface area contributed by atoms with Crippen molar-refractivity contribution < 1.29 is 9.59 Å². The third-order valence-electron chi connectivity index (χ3n) is 5.38. The number of carbonyl (C=O) groups is 2. The molecule has 3 heterocycles. The predicted octanol–water partition coefficient (Wildman–Crippen LogP) is 1.26. The molecule has 162 valence electrons. The summed E-state index contributed by atoms with van der Waals surface area (Å²) in [5, 5.41) is 10.9. The Morgan fingerprint density at radius 2 is 2.00 bits per heavy atom. The summed E-state index contributed by atoms with van der Waals surface area (Å²) in [6.45, 7) is 6.09. The maximum absolute atomic E-state index is 12.6. The van der Waals surface area contributed by atoms with Crippen LogP contribution in [0.4, 0.5) is 5.69 Å². The van der Waals surface area contributed by atoms with E-state index in [2.05, 4.69) is 25.7 Å². The fourth-order valence-electron chi connectivity index (χ4n) is 3.64. The van der Waals surface area contributed by atoms with Gasteiger partial charge in [-0.15, -0.1) is 5.10 Å². The molecule has 1 aliphatic heterocycles. The molecule has 1 saturated heterocycles. The SMILES string of the molecule is CSc1nc2nc(C)c(CC(=O)NCc3ccc(N4CCNC(=O)C4)cc3)c(C)n2n1. The van der Waals surface area contributed by atoms with Gasteiger partial charge in [0.15, 0.2) is 0 Å². The van der Waals surface area contributed by atoms with E-state index in [0.717, 1.165) is 34.7 Å². The zero-order chi connectivity index (χ0) is 22.0. The highest BCUT2D eigenvalue weighted by atomic mass is 32.2. The lowest BCUT2D eigenvalue weighted by Crippen LogP contribution is -2.47. The highest BCUT2D eigenvalue weighted by Crippen LogP contribution is 2.18. The van der Waals surface area contributed by atoms with Crippen LogP contribution < -0.4 is 15.5 Å². The van der Waals surface area contributed by atoms with Gasteiger partial charge in [0.05, 0.1) is 13.0 Å². The Morgan fingerprint density at radius 3 is 2.71 bits per heavy atom. The zero-order valence-electron chi connectivity index (χ0n) is 17.8. The largest absolute Gasteiger partial charge is 0.360 e. The van der Waals surface area contributed by atoms with Gasteiger partial charge in [-0.3, -0.25) is 9.59 Å². The van der Waals surface area contributed by atoms with Gasteiger partial charge >= 0.3 is 0 Å². The van der Waals surface area contributed by atoms with Gasteiger partial charge in [-0.2, -0.15) is 4.98 Å². The molecule has 0 bridgehead atoms. The van der Waals surface area contributed by atoms with Crippen molar-refractivity contribution in [3.8, 4) is 0 Å². The molecule has 2 amide bonds. The molecule has 31 heavy (non-hydrogen) atoms. The summed E-state index contributed by atoms with van der Waals surface area (Å²) in [5.74, 6) is 0.514. The highest BCUT2D eigenvalue weighted by Gasteiger charge is 2.17. The van der Waals surface area contributed by atoms with Crippen LogP contribution >= 0.6 is 11.8 Å². The van der Waals surface area contributed by atoms with Crippen molar-refractivity contribution in [1.82, 2.24) is 30.2 Å². The molecule has 0 saturated carbocycles. The number of piperazine rings is 1. The number of rotatable bonds is 6. The van der Waals surface area contributed by atoms with Gasteiger partial charge in [-0.1, -0.05) is 23.9 Å². The van der Waals surface area contributed by atoms with E-state index in [1.54, 1.807) is 4.52 Å². The van der Waals surface area contributed by atoms with Crippen LogP contribution in [-0.2, 0) is 22.6 Å². The van der Waals surface area contributed by atoms with Crippen molar-refractivity contribution >= 4 is 35.0 Å². The molecule has 0 unspecified atom stereocenters. The molecule has 1 aliphatic rings. The lowest BCUT2D eigenvalue weighted by molar-refractivity contribution is -0.121. The van der Waals surface area contributed by atoms with E-state index in [9.17, 15) is 9.59 Å². The van der Waals surface area contributed by atoms with Gasteiger partial charge in [0.25, 0.3) is 5.78 Å². The highest BCUT2D eigenvalue weighted by molar-refractivity contribution is 7.98. The van der Waals surface area contributed by atoms with Crippen molar-refractivity contribution in [2.45, 2.75) is 32.0 Å². The van der Waals surface area contributed by atoms with E-state index in [4.69, 9.17) is 0 Å². The molecule has 2 aromatic heterocycles. The molecule has 1 aromatic carbocycles. The van der Waals surface area contributed by atoms with Crippen LogP contribution in [0.3, 0.4) is 0 Å². The second-order valence-electron chi connectivity index (χ2n) is 7.46. The second kappa shape index (κ2) is 8.93. The first-order chi connectivity index (χ1) is 14.9. The average Bonchev–Trinajstić information content (AvgIpc) is 3.19. The van der Waals surface area contributed by atoms with Crippen LogP contribution in [0.2, 0.25) is 0 Å². The number of anilines is 1. The number of thioether (sulfide) groups is 1. The van der Waals surface area contributed by atoms with Crippen molar-refractivity contribution in [3.05, 3.63) is 46.8 Å². The van der Waals surface area contributed by atoms with Gasteiger partial charge < -0.3 is 15.5 Å². The molecule has 10 heteroatoms. The van der Waals surface area contributed by atoms with Gasteiger partial charge in [-0.25, -0.2) is 9.50 Å². The molecule has 0 atom stereocenters. The molecule has 9 nitrogen and oxygen atoms in total. The van der Waals surface area contributed by atoms with Crippen LogP contribution in [-0.4, -0.2) is 57.3 Å². The normalized spacial score (nSPS) is 14.0. The molecule has 3 aromatic rings. The minimum Gasteiger partial charge on any atom is -0.360 e. The predicted molar refractivity (Wildman–Crippen MR) is 119 cm³/mol. The Balaban J connectivity index is 1.38. The maximum atomic E-state index is 12.6. The number of fused-ring (bicyclic) bond motifs is 1. The monoisotopic (exact) mass is 439 g/mol. The summed E-state index contributed by atoms with van der Waals surface area (Å²) in [4.78, 5) is 35.1. The number of nitrogens with one attached hydrogen (secondary N) is 2. The van der Waals surface area contributed by atoms with Gasteiger partial charge in [0, 0.05) is 42.3 Å². The van der Waals surface area contributed by atoms with Gasteiger partial charge in [0.1, 0.15) is 0 Å². The van der Waals surface area contributed by atoms with Crippen LogP contribution in [0.15, 0.2) is 29.4 Å². The first-order valence-electron chi connectivity index (χ1n) is 10.1. The minimum atomic E-state index is -0.0747. The molecule has 0 spiro atoms. The Labute approximate surface area is 184 Å². The second-order valence-corrected chi connectivity index (χ2v) is 8.24. The van der Waals surface area contributed by atoms with E-state index >= 15 is 0 Å². The topological polar surface area (TPSA) is 105 Å². The quantitative estimate of drug-likeness (QED) is 0.557.